The Hall–Kier alpha value is -3.75. The SMILES string of the molecule is CC(C)(C)OC(=O)NC1CC(C(=O)N(Cc2cccc(Cl)c2Cl)C2CC2)CN(C(=O)OCC2c3ccccc3-c3ccccc32)C1. The molecule has 0 bridgehead atoms. The molecule has 46 heavy (non-hydrogen) atoms. The number of hydrogen-bond donors (Lipinski definition) is 1. The Morgan fingerprint density at radius 1 is 0.913 bits per heavy atom. The van der Waals surface area contributed by atoms with E-state index in [9.17, 15) is 14.4 Å². The Bertz CT molecular complexity index is 1590. The minimum absolute atomic E-state index is 0.0876. The fourth-order valence-corrected chi connectivity index (χ4v) is 6.93. The molecule has 0 aromatic heterocycles. The Kier molecular flexibility index (Phi) is 9.22. The van der Waals surface area contributed by atoms with E-state index in [1.807, 2.05) is 41.3 Å². The monoisotopic (exact) mass is 663 g/mol. The minimum Gasteiger partial charge on any atom is -0.448 e. The smallest absolute Gasteiger partial charge is 0.409 e. The first-order chi connectivity index (χ1) is 22.0. The van der Waals surface area contributed by atoms with Crippen LogP contribution in [0.2, 0.25) is 10.0 Å². The van der Waals surface area contributed by atoms with Crippen molar-refractivity contribution < 1.29 is 23.9 Å². The molecule has 0 radical (unpaired) electrons. The summed E-state index contributed by atoms with van der Waals surface area (Å²) in [5.74, 6) is -0.750. The molecule has 2 atom stereocenters. The lowest BCUT2D eigenvalue weighted by molar-refractivity contribution is -0.138. The summed E-state index contributed by atoms with van der Waals surface area (Å²) >= 11 is 12.8. The number of piperidine rings is 1. The lowest BCUT2D eigenvalue weighted by Crippen LogP contribution is -2.56. The molecule has 3 aromatic rings. The number of nitrogens with zero attached hydrogens (tertiary/aromatic N) is 2. The maximum atomic E-state index is 14.2. The fourth-order valence-electron chi connectivity index (χ4n) is 6.55. The van der Waals surface area contributed by atoms with Gasteiger partial charge >= 0.3 is 12.2 Å². The van der Waals surface area contributed by atoms with Crippen molar-refractivity contribution in [3.63, 3.8) is 0 Å². The van der Waals surface area contributed by atoms with Gasteiger partial charge in [0.1, 0.15) is 12.2 Å². The molecule has 3 aliphatic rings. The van der Waals surface area contributed by atoms with Crippen LogP contribution in [0.1, 0.15) is 62.6 Å². The normalized spacial score (nSPS) is 19.2. The van der Waals surface area contributed by atoms with E-state index in [4.69, 9.17) is 32.7 Å². The van der Waals surface area contributed by atoms with E-state index in [-0.39, 0.29) is 37.6 Å². The van der Waals surface area contributed by atoms with Crippen LogP contribution in [0, 0.1) is 5.92 Å². The number of alkyl carbamates (subject to hydrolysis) is 1. The topological polar surface area (TPSA) is 88.2 Å². The van der Waals surface area contributed by atoms with Gasteiger partial charge in [-0.15, -0.1) is 0 Å². The largest absolute Gasteiger partial charge is 0.448 e. The van der Waals surface area contributed by atoms with E-state index in [1.165, 1.54) is 4.90 Å². The zero-order valence-electron chi connectivity index (χ0n) is 26.3. The van der Waals surface area contributed by atoms with Crippen LogP contribution >= 0.6 is 23.2 Å². The molecular weight excluding hydrogens is 625 g/mol. The number of carbonyl (C=O) groups excluding carboxylic acids is 3. The van der Waals surface area contributed by atoms with Crippen molar-refractivity contribution in [3.05, 3.63) is 93.5 Å². The Morgan fingerprint density at radius 2 is 1.57 bits per heavy atom. The van der Waals surface area contributed by atoms with Crippen molar-refractivity contribution in [2.75, 3.05) is 19.7 Å². The van der Waals surface area contributed by atoms with Gasteiger partial charge in [-0.05, 0) is 73.9 Å². The lowest BCUT2D eigenvalue weighted by Gasteiger charge is -2.39. The first kappa shape index (κ1) is 32.2. The Morgan fingerprint density at radius 3 is 2.20 bits per heavy atom. The highest BCUT2D eigenvalue weighted by atomic mass is 35.5. The first-order valence-corrected chi connectivity index (χ1v) is 16.6. The van der Waals surface area contributed by atoms with Gasteiger partial charge in [0.2, 0.25) is 5.91 Å². The standard InChI is InChI=1S/C36H39Cl2N3O5/c1-36(2,3)46-34(43)39-24-17-23(33(42)41(25-15-16-25)19-22-9-8-14-31(37)32(22)38)18-40(20-24)35(44)45-21-30-28-12-6-4-10-26(28)27-11-5-7-13-29(27)30/h4-14,23-25,30H,15-21H2,1-3H3,(H,39,43). The van der Waals surface area contributed by atoms with Crippen LogP contribution in [-0.4, -0.2) is 65.3 Å². The molecule has 1 saturated carbocycles. The summed E-state index contributed by atoms with van der Waals surface area (Å²) in [4.78, 5) is 44.0. The highest BCUT2D eigenvalue weighted by Gasteiger charge is 2.42. The van der Waals surface area contributed by atoms with Crippen molar-refractivity contribution >= 4 is 41.3 Å². The number of ether oxygens (including phenoxy) is 2. The molecule has 10 heteroatoms. The molecule has 8 nitrogen and oxygen atoms in total. The summed E-state index contributed by atoms with van der Waals surface area (Å²) in [5.41, 5.74) is 4.59. The van der Waals surface area contributed by atoms with Crippen LogP contribution in [0.4, 0.5) is 9.59 Å². The molecule has 0 spiro atoms. The van der Waals surface area contributed by atoms with Crippen LogP contribution < -0.4 is 5.32 Å². The number of rotatable bonds is 7. The van der Waals surface area contributed by atoms with Gasteiger partial charge in [0.05, 0.1) is 22.0 Å². The van der Waals surface area contributed by atoms with Gasteiger partial charge in [0.25, 0.3) is 0 Å². The highest BCUT2D eigenvalue weighted by Crippen LogP contribution is 2.44. The number of benzene rings is 3. The van der Waals surface area contributed by atoms with Crippen LogP contribution in [-0.2, 0) is 20.8 Å². The summed E-state index contributed by atoms with van der Waals surface area (Å²) < 4.78 is 11.5. The van der Waals surface area contributed by atoms with Crippen molar-refractivity contribution in [1.29, 1.82) is 0 Å². The van der Waals surface area contributed by atoms with Crippen LogP contribution in [0.25, 0.3) is 11.1 Å². The van der Waals surface area contributed by atoms with E-state index in [0.29, 0.717) is 23.0 Å². The summed E-state index contributed by atoms with van der Waals surface area (Å²) in [6.45, 7) is 6.21. The van der Waals surface area contributed by atoms with Crippen LogP contribution in [0.3, 0.4) is 0 Å². The number of amides is 3. The number of halogens is 2. The molecule has 1 N–H and O–H groups in total. The lowest BCUT2D eigenvalue weighted by atomic mass is 9.92. The van der Waals surface area contributed by atoms with Gasteiger partial charge in [-0.3, -0.25) is 4.79 Å². The Balaban J connectivity index is 1.20. The number of nitrogens with one attached hydrogen (secondary N) is 1. The first-order valence-electron chi connectivity index (χ1n) is 15.8. The zero-order chi connectivity index (χ0) is 32.6. The number of carbonyl (C=O) groups is 3. The van der Waals surface area contributed by atoms with Crippen LogP contribution in [0.5, 0.6) is 0 Å². The predicted molar refractivity (Wildman–Crippen MR) is 178 cm³/mol. The van der Waals surface area contributed by atoms with Crippen LogP contribution in [0.15, 0.2) is 66.7 Å². The van der Waals surface area contributed by atoms with Gasteiger partial charge in [-0.2, -0.15) is 0 Å². The van der Waals surface area contributed by atoms with E-state index in [2.05, 4.69) is 29.6 Å². The number of fused-ring (bicyclic) bond motifs is 3. The molecule has 1 aliphatic heterocycles. The molecule has 2 fully saturated rings. The fraction of sp³-hybridized carbons (Fsp3) is 0.417. The maximum absolute atomic E-state index is 14.2. The zero-order valence-corrected chi connectivity index (χ0v) is 27.8. The van der Waals surface area contributed by atoms with Gasteiger partial charge in [0.15, 0.2) is 0 Å². The third-order valence-electron chi connectivity index (χ3n) is 8.76. The number of likely N-dealkylation sites (tertiary alicyclic amines) is 1. The van der Waals surface area contributed by atoms with Gasteiger partial charge in [0, 0.05) is 31.6 Å². The molecule has 2 unspecified atom stereocenters. The van der Waals surface area contributed by atoms with Crippen molar-refractivity contribution in [1.82, 2.24) is 15.1 Å². The molecule has 1 saturated heterocycles. The molecule has 3 aromatic carbocycles. The second-order valence-electron chi connectivity index (χ2n) is 13.4. The van der Waals surface area contributed by atoms with Crippen molar-refractivity contribution in [2.45, 2.75) is 70.2 Å². The van der Waals surface area contributed by atoms with Crippen molar-refractivity contribution in [3.8, 4) is 11.1 Å². The second kappa shape index (κ2) is 13.2. The third kappa shape index (κ3) is 7.13. The Labute approximate surface area is 279 Å². The average molecular weight is 665 g/mol. The molecule has 242 valence electrons. The van der Waals surface area contributed by atoms with Gasteiger partial charge in [-0.25, -0.2) is 9.59 Å². The summed E-state index contributed by atoms with van der Waals surface area (Å²) in [7, 11) is 0. The average Bonchev–Trinajstić information content (AvgIpc) is 3.81. The molecule has 2 aliphatic carbocycles. The molecule has 1 heterocycles. The van der Waals surface area contributed by atoms with Gasteiger partial charge in [-0.1, -0.05) is 83.9 Å². The maximum Gasteiger partial charge on any atom is 0.409 e. The summed E-state index contributed by atoms with van der Waals surface area (Å²) in [6, 6.07) is 21.3. The third-order valence-corrected chi connectivity index (χ3v) is 9.62. The van der Waals surface area contributed by atoms with E-state index < -0.39 is 29.7 Å². The minimum atomic E-state index is -0.695. The second-order valence-corrected chi connectivity index (χ2v) is 14.2. The van der Waals surface area contributed by atoms with Gasteiger partial charge < -0.3 is 24.6 Å². The quantitative estimate of drug-likeness (QED) is 0.281. The van der Waals surface area contributed by atoms with E-state index >= 15 is 0 Å². The highest BCUT2D eigenvalue weighted by molar-refractivity contribution is 6.42. The van der Waals surface area contributed by atoms with E-state index in [1.54, 1.807) is 26.8 Å². The summed E-state index contributed by atoms with van der Waals surface area (Å²) in [5, 5.41) is 3.76. The summed E-state index contributed by atoms with van der Waals surface area (Å²) in [6.07, 6.45) is 1.03. The molecule has 6 rings (SSSR count). The number of hydrogen-bond acceptors (Lipinski definition) is 5. The van der Waals surface area contributed by atoms with E-state index in [0.717, 1.165) is 40.7 Å². The molecule has 3 amide bonds. The van der Waals surface area contributed by atoms with Crippen molar-refractivity contribution in [2.24, 2.45) is 5.92 Å². The predicted octanol–water partition coefficient (Wildman–Crippen LogP) is 7.65. The molecular formula is C36H39Cl2N3O5.